The average Bonchev–Trinajstić information content (AvgIpc) is 2.87. The molecule has 1 saturated heterocycles. The third kappa shape index (κ3) is 2.93. The van der Waals surface area contributed by atoms with Crippen LogP contribution in [0.4, 0.5) is 4.79 Å². The summed E-state index contributed by atoms with van der Waals surface area (Å²) < 4.78 is 5.25. The summed E-state index contributed by atoms with van der Waals surface area (Å²) in [6, 6.07) is -0.547. The number of aliphatic carboxylic acids is 1. The van der Waals surface area contributed by atoms with E-state index in [1.807, 2.05) is 6.92 Å². The Kier molecular flexibility index (Phi) is 3.75. The Morgan fingerprint density at radius 3 is 2.78 bits per heavy atom. The van der Waals surface area contributed by atoms with Gasteiger partial charge in [-0.05, 0) is 26.2 Å². The number of rotatable bonds is 3. The lowest BCUT2D eigenvalue weighted by atomic mass is 10.0. The molecule has 0 aromatic rings. The molecule has 1 aliphatic carbocycles. The Bertz CT molecular complexity index is 339. The molecule has 1 saturated carbocycles. The zero-order valence-corrected chi connectivity index (χ0v) is 10.6. The molecule has 3 atom stereocenters. The van der Waals surface area contributed by atoms with Gasteiger partial charge in [0.05, 0.1) is 18.1 Å². The van der Waals surface area contributed by atoms with Crippen LogP contribution < -0.4 is 10.6 Å². The molecular weight excluding hydrogens is 236 g/mol. The number of carbonyl (C=O) groups is 2. The van der Waals surface area contributed by atoms with Crippen LogP contribution in [0.25, 0.3) is 0 Å². The van der Waals surface area contributed by atoms with Crippen LogP contribution in [0.1, 0.15) is 32.6 Å². The molecule has 0 spiro atoms. The van der Waals surface area contributed by atoms with E-state index in [4.69, 9.17) is 9.84 Å². The maximum absolute atomic E-state index is 11.9. The second kappa shape index (κ2) is 5.14. The smallest absolute Gasteiger partial charge is 0.315 e. The van der Waals surface area contributed by atoms with Crippen LogP contribution in [0.5, 0.6) is 0 Å². The van der Waals surface area contributed by atoms with E-state index in [2.05, 4.69) is 10.6 Å². The molecule has 2 rings (SSSR count). The van der Waals surface area contributed by atoms with Crippen molar-refractivity contribution in [2.45, 2.75) is 44.2 Å². The molecule has 102 valence electrons. The van der Waals surface area contributed by atoms with Gasteiger partial charge in [0.25, 0.3) is 0 Å². The highest BCUT2D eigenvalue weighted by Gasteiger charge is 2.36. The first kappa shape index (κ1) is 13.1. The molecule has 2 fully saturated rings. The Morgan fingerprint density at radius 2 is 2.17 bits per heavy atom. The van der Waals surface area contributed by atoms with E-state index < -0.39 is 11.9 Å². The summed E-state index contributed by atoms with van der Waals surface area (Å²) in [5.41, 5.74) is -0.332. The standard InChI is InChI=1S/C12H20N2O4/c1-12(5-6-18-7-12)14-11(17)13-9-4-2-3-8(9)10(15)16/h8-9H,2-7H2,1H3,(H,15,16)(H2,13,14,17). The number of ether oxygens (including phenoxy) is 1. The van der Waals surface area contributed by atoms with Crippen LogP contribution in [0, 0.1) is 5.92 Å². The fourth-order valence-corrected chi connectivity index (χ4v) is 2.67. The maximum atomic E-state index is 11.9. The highest BCUT2D eigenvalue weighted by Crippen LogP contribution is 2.26. The van der Waals surface area contributed by atoms with Crippen molar-refractivity contribution in [1.29, 1.82) is 0 Å². The first-order valence-corrected chi connectivity index (χ1v) is 6.39. The van der Waals surface area contributed by atoms with Crippen molar-refractivity contribution in [2.75, 3.05) is 13.2 Å². The third-order valence-electron chi connectivity index (χ3n) is 3.78. The van der Waals surface area contributed by atoms with E-state index in [1.54, 1.807) is 0 Å². The zero-order valence-electron chi connectivity index (χ0n) is 10.6. The molecule has 3 unspecified atom stereocenters. The summed E-state index contributed by atoms with van der Waals surface area (Å²) in [6.07, 6.45) is 3.01. The molecule has 0 aromatic heterocycles. The minimum Gasteiger partial charge on any atom is -0.481 e. The van der Waals surface area contributed by atoms with Gasteiger partial charge in [0.1, 0.15) is 0 Å². The molecule has 18 heavy (non-hydrogen) atoms. The van der Waals surface area contributed by atoms with Crippen molar-refractivity contribution >= 4 is 12.0 Å². The fourth-order valence-electron chi connectivity index (χ4n) is 2.67. The lowest BCUT2D eigenvalue weighted by molar-refractivity contribution is -0.142. The summed E-state index contributed by atoms with van der Waals surface area (Å²) in [5, 5.41) is 14.7. The number of nitrogens with one attached hydrogen (secondary N) is 2. The van der Waals surface area contributed by atoms with Gasteiger partial charge in [-0.2, -0.15) is 0 Å². The molecule has 3 N–H and O–H groups in total. The molecule has 0 bridgehead atoms. The van der Waals surface area contributed by atoms with Crippen LogP contribution in [-0.4, -0.2) is 41.9 Å². The summed E-state index contributed by atoms with van der Waals surface area (Å²) in [7, 11) is 0. The van der Waals surface area contributed by atoms with Gasteiger partial charge in [-0.15, -0.1) is 0 Å². The van der Waals surface area contributed by atoms with E-state index in [-0.39, 0.29) is 17.6 Å². The van der Waals surface area contributed by atoms with Gasteiger partial charge >= 0.3 is 12.0 Å². The molecule has 6 nitrogen and oxygen atoms in total. The van der Waals surface area contributed by atoms with Gasteiger partial charge in [0.15, 0.2) is 0 Å². The highest BCUT2D eigenvalue weighted by molar-refractivity contribution is 5.77. The van der Waals surface area contributed by atoms with Crippen molar-refractivity contribution in [2.24, 2.45) is 5.92 Å². The Balaban J connectivity index is 1.85. The monoisotopic (exact) mass is 256 g/mol. The molecule has 2 aliphatic rings. The van der Waals surface area contributed by atoms with Crippen molar-refractivity contribution in [1.82, 2.24) is 10.6 Å². The van der Waals surface area contributed by atoms with Crippen LogP contribution in [0.15, 0.2) is 0 Å². The number of amides is 2. The second-order valence-electron chi connectivity index (χ2n) is 5.44. The molecule has 1 aliphatic heterocycles. The van der Waals surface area contributed by atoms with E-state index >= 15 is 0 Å². The summed E-state index contributed by atoms with van der Waals surface area (Å²) in [5.74, 6) is -1.28. The molecule has 1 heterocycles. The molecule has 2 amide bonds. The average molecular weight is 256 g/mol. The minimum absolute atomic E-state index is 0.256. The van der Waals surface area contributed by atoms with Gasteiger partial charge < -0.3 is 20.5 Å². The Morgan fingerprint density at radius 1 is 1.39 bits per heavy atom. The topological polar surface area (TPSA) is 87.7 Å². The van der Waals surface area contributed by atoms with E-state index in [9.17, 15) is 9.59 Å². The van der Waals surface area contributed by atoms with E-state index in [0.29, 0.717) is 19.6 Å². The fraction of sp³-hybridized carbons (Fsp3) is 0.833. The van der Waals surface area contributed by atoms with Gasteiger partial charge in [0, 0.05) is 12.6 Å². The number of hydrogen-bond acceptors (Lipinski definition) is 3. The highest BCUT2D eigenvalue weighted by atomic mass is 16.5. The number of carbonyl (C=O) groups excluding carboxylic acids is 1. The quantitative estimate of drug-likeness (QED) is 0.694. The summed E-state index contributed by atoms with van der Waals surface area (Å²) >= 11 is 0. The summed E-state index contributed by atoms with van der Waals surface area (Å²) in [4.78, 5) is 22.9. The predicted octanol–water partition coefficient (Wildman–Crippen LogP) is 0.718. The molecule has 6 heteroatoms. The van der Waals surface area contributed by atoms with Crippen LogP contribution >= 0.6 is 0 Å². The van der Waals surface area contributed by atoms with Crippen molar-refractivity contribution < 1.29 is 19.4 Å². The number of carboxylic acid groups (broad SMARTS) is 1. The lowest BCUT2D eigenvalue weighted by Gasteiger charge is -2.26. The van der Waals surface area contributed by atoms with E-state index in [0.717, 1.165) is 19.3 Å². The maximum Gasteiger partial charge on any atom is 0.315 e. The summed E-state index contributed by atoms with van der Waals surface area (Å²) in [6.45, 7) is 3.09. The van der Waals surface area contributed by atoms with Crippen LogP contribution in [0.3, 0.4) is 0 Å². The van der Waals surface area contributed by atoms with Crippen molar-refractivity contribution in [3.63, 3.8) is 0 Å². The SMILES string of the molecule is CC1(NC(=O)NC2CCCC2C(=O)O)CCOC1. The van der Waals surface area contributed by atoms with Crippen LogP contribution in [-0.2, 0) is 9.53 Å². The predicted molar refractivity (Wildman–Crippen MR) is 64.3 cm³/mol. The second-order valence-corrected chi connectivity index (χ2v) is 5.44. The van der Waals surface area contributed by atoms with Crippen LogP contribution in [0.2, 0.25) is 0 Å². The largest absolute Gasteiger partial charge is 0.481 e. The van der Waals surface area contributed by atoms with Gasteiger partial charge in [-0.3, -0.25) is 4.79 Å². The third-order valence-corrected chi connectivity index (χ3v) is 3.78. The Labute approximate surface area is 106 Å². The molecule has 0 aromatic carbocycles. The van der Waals surface area contributed by atoms with Gasteiger partial charge in [-0.25, -0.2) is 4.79 Å². The minimum atomic E-state index is -0.826. The van der Waals surface area contributed by atoms with E-state index in [1.165, 1.54) is 0 Å². The Hall–Kier alpha value is -1.30. The number of hydrogen-bond donors (Lipinski definition) is 3. The van der Waals surface area contributed by atoms with Gasteiger partial charge in [0.2, 0.25) is 0 Å². The molecular formula is C12H20N2O4. The first-order chi connectivity index (χ1) is 8.50. The van der Waals surface area contributed by atoms with Gasteiger partial charge in [-0.1, -0.05) is 6.42 Å². The normalized spacial score (nSPS) is 35.4. The number of urea groups is 1. The lowest BCUT2D eigenvalue weighted by Crippen LogP contribution is -2.53. The number of carboxylic acids is 1. The van der Waals surface area contributed by atoms with Crippen molar-refractivity contribution in [3.8, 4) is 0 Å². The molecule has 0 radical (unpaired) electrons. The first-order valence-electron chi connectivity index (χ1n) is 6.39. The zero-order chi connectivity index (χ0) is 13.2. The van der Waals surface area contributed by atoms with Crippen molar-refractivity contribution in [3.05, 3.63) is 0 Å².